The first-order chi connectivity index (χ1) is 27.8. The maximum Gasteiger partial charge on any atom is 0.260 e. The smallest absolute Gasteiger partial charge is 0.260 e. The standard InChI is InChI=1S/C48H39B2N3O3/c1-2-12-28(13-3-1)53-37-20-6-4-18-33(37)49-35-26-36-40(27-39(35)55-46-30-15-9-23-51-22-8-14-29(43(30)51)45(53)41(46)49)56-48-32-17-11-25-52-24-10-16-31(44(32)52)47-42(48)50(36)34-19-5-7-21-38(34)54-47/h1-7,12-13,18-21,26-27H,8-11,14-17,22-25H2. The number of para-hydroxylation sites is 3. The third kappa shape index (κ3) is 3.81. The van der Waals surface area contributed by atoms with E-state index >= 15 is 0 Å². The predicted octanol–water partition coefficient (Wildman–Crippen LogP) is 6.22. The summed E-state index contributed by atoms with van der Waals surface area (Å²) >= 11 is 0. The van der Waals surface area contributed by atoms with Gasteiger partial charge in [-0.25, -0.2) is 0 Å². The molecule has 6 nitrogen and oxygen atoms in total. The van der Waals surface area contributed by atoms with Crippen LogP contribution in [0.5, 0.6) is 34.5 Å². The highest BCUT2D eigenvalue weighted by Gasteiger charge is 2.50. The lowest BCUT2D eigenvalue weighted by atomic mass is 9.31. The zero-order chi connectivity index (χ0) is 36.2. The number of nitrogens with zero attached hydrogens (tertiary/aromatic N) is 3. The SMILES string of the molecule is c1ccc(N2c3ccccc3B3c4cc5c(cc4Oc4c6c7c(c2c43)CCCN7CCC6)Oc2c3c4c(c6c2B5c2ccccc2O6)CCCN4CCC3)cc1. The number of ether oxygens (including phenoxy) is 3. The molecule has 56 heavy (non-hydrogen) atoms. The van der Waals surface area contributed by atoms with Crippen LogP contribution in [0.1, 0.15) is 47.9 Å². The molecule has 0 fully saturated rings. The zero-order valence-electron chi connectivity index (χ0n) is 31.4. The molecule has 8 aliphatic rings. The molecular formula is C48H39B2N3O3. The first-order valence-corrected chi connectivity index (χ1v) is 21.0. The molecule has 0 amide bonds. The van der Waals surface area contributed by atoms with Crippen molar-refractivity contribution in [1.82, 2.24) is 0 Å². The molecule has 6 aromatic rings. The second kappa shape index (κ2) is 11.0. The van der Waals surface area contributed by atoms with E-state index in [9.17, 15) is 0 Å². The topological polar surface area (TPSA) is 37.4 Å². The van der Waals surface area contributed by atoms with Crippen molar-refractivity contribution in [3.8, 4) is 34.5 Å². The van der Waals surface area contributed by atoms with Crippen LogP contribution in [0.15, 0.2) is 91.0 Å². The van der Waals surface area contributed by atoms with Crippen LogP contribution >= 0.6 is 0 Å². The minimum absolute atomic E-state index is 0.0108. The van der Waals surface area contributed by atoms with E-state index in [-0.39, 0.29) is 13.4 Å². The van der Waals surface area contributed by atoms with Gasteiger partial charge in [-0.05, 0) is 109 Å². The molecule has 8 heterocycles. The van der Waals surface area contributed by atoms with Gasteiger partial charge in [-0.2, -0.15) is 0 Å². The Bertz CT molecular complexity index is 2750. The Hall–Kier alpha value is -5.75. The van der Waals surface area contributed by atoms with Gasteiger partial charge in [0.2, 0.25) is 0 Å². The van der Waals surface area contributed by atoms with Gasteiger partial charge < -0.3 is 28.9 Å². The summed E-state index contributed by atoms with van der Waals surface area (Å²) in [6.45, 7) is 4.46. The molecule has 8 heteroatoms. The van der Waals surface area contributed by atoms with Crippen LogP contribution in [0.3, 0.4) is 0 Å². The predicted molar refractivity (Wildman–Crippen MR) is 228 cm³/mol. The van der Waals surface area contributed by atoms with Crippen LogP contribution in [0, 0.1) is 0 Å². The van der Waals surface area contributed by atoms with E-state index in [0.717, 1.165) is 106 Å². The molecule has 0 N–H and O–H groups in total. The van der Waals surface area contributed by atoms with Gasteiger partial charge in [0.1, 0.15) is 34.5 Å². The lowest BCUT2D eigenvalue weighted by Crippen LogP contribution is -2.63. The monoisotopic (exact) mass is 727 g/mol. The van der Waals surface area contributed by atoms with Gasteiger partial charge >= 0.3 is 0 Å². The Balaban J connectivity index is 1.05. The van der Waals surface area contributed by atoms with E-state index in [1.165, 1.54) is 89.9 Å². The lowest BCUT2D eigenvalue weighted by Gasteiger charge is -2.47. The minimum Gasteiger partial charge on any atom is -0.458 e. The Labute approximate surface area is 327 Å². The van der Waals surface area contributed by atoms with Crippen molar-refractivity contribution >= 4 is 74.6 Å². The molecule has 6 aromatic carbocycles. The molecule has 0 saturated carbocycles. The van der Waals surface area contributed by atoms with Crippen molar-refractivity contribution in [2.45, 2.75) is 51.4 Å². The summed E-state index contributed by atoms with van der Waals surface area (Å²) in [6, 6.07) is 33.6. The quantitative estimate of drug-likeness (QED) is 0.187. The fraction of sp³-hybridized carbons (Fsp3) is 0.250. The normalized spacial score (nSPS) is 18.1. The van der Waals surface area contributed by atoms with E-state index in [2.05, 4.69) is 106 Å². The Morgan fingerprint density at radius 2 is 0.946 bits per heavy atom. The average Bonchev–Trinajstić information content (AvgIpc) is 3.26. The van der Waals surface area contributed by atoms with Gasteiger partial charge in [-0.1, -0.05) is 60.7 Å². The number of hydrogen-bond donors (Lipinski definition) is 0. The summed E-state index contributed by atoms with van der Waals surface area (Å²) < 4.78 is 21.7. The van der Waals surface area contributed by atoms with Crippen LogP contribution < -0.4 is 61.7 Å². The van der Waals surface area contributed by atoms with Crippen molar-refractivity contribution in [2.75, 3.05) is 40.9 Å². The maximum absolute atomic E-state index is 7.43. The summed E-state index contributed by atoms with van der Waals surface area (Å²) in [5.41, 5.74) is 19.8. The second-order valence-corrected chi connectivity index (χ2v) is 17.0. The molecule has 14 rings (SSSR count). The summed E-state index contributed by atoms with van der Waals surface area (Å²) in [6.07, 6.45) is 8.81. The first kappa shape index (κ1) is 30.5. The lowest BCUT2D eigenvalue weighted by molar-refractivity contribution is 0.443. The highest BCUT2D eigenvalue weighted by Crippen LogP contribution is 2.53. The molecule has 0 aromatic heterocycles. The van der Waals surface area contributed by atoms with Gasteiger partial charge in [-0.15, -0.1) is 0 Å². The number of anilines is 5. The number of fused-ring (bicyclic) bond motifs is 12. The number of hydrogen-bond acceptors (Lipinski definition) is 6. The van der Waals surface area contributed by atoms with Gasteiger partial charge in [0.25, 0.3) is 13.4 Å². The highest BCUT2D eigenvalue weighted by atomic mass is 16.5. The van der Waals surface area contributed by atoms with Gasteiger partial charge in [0, 0.05) is 71.5 Å². The Morgan fingerprint density at radius 3 is 1.62 bits per heavy atom. The van der Waals surface area contributed by atoms with Gasteiger partial charge in [-0.3, -0.25) is 0 Å². The molecule has 0 radical (unpaired) electrons. The summed E-state index contributed by atoms with van der Waals surface area (Å²) in [7, 11) is 0. The maximum atomic E-state index is 7.43. The van der Waals surface area contributed by atoms with Crippen LogP contribution in [-0.4, -0.2) is 39.6 Å². The van der Waals surface area contributed by atoms with E-state index in [1.807, 2.05) is 0 Å². The Morgan fingerprint density at radius 1 is 0.429 bits per heavy atom. The van der Waals surface area contributed by atoms with Crippen LogP contribution in [-0.2, 0) is 25.7 Å². The summed E-state index contributed by atoms with van der Waals surface area (Å²) in [4.78, 5) is 7.82. The summed E-state index contributed by atoms with van der Waals surface area (Å²) in [5.74, 6) is 5.95. The van der Waals surface area contributed by atoms with Crippen LogP contribution in [0.2, 0.25) is 0 Å². The molecule has 0 saturated heterocycles. The third-order valence-electron chi connectivity index (χ3n) is 14.2. The number of rotatable bonds is 1. The number of benzene rings is 6. The van der Waals surface area contributed by atoms with Crippen molar-refractivity contribution in [1.29, 1.82) is 0 Å². The highest BCUT2D eigenvalue weighted by molar-refractivity contribution is 7.01. The molecule has 0 atom stereocenters. The van der Waals surface area contributed by atoms with Gasteiger partial charge in [0.15, 0.2) is 0 Å². The fourth-order valence-electron chi connectivity index (χ4n) is 12.2. The van der Waals surface area contributed by atoms with Crippen molar-refractivity contribution in [3.05, 3.63) is 113 Å². The molecular weight excluding hydrogens is 688 g/mol. The molecule has 0 bridgehead atoms. The van der Waals surface area contributed by atoms with Crippen LogP contribution in [0.25, 0.3) is 0 Å². The van der Waals surface area contributed by atoms with Crippen molar-refractivity contribution < 1.29 is 14.2 Å². The summed E-state index contributed by atoms with van der Waals surface area (Å²) in [5, 5.41) is 0. The first-order valence-electron chi connectivity index (χ1n) is 21.0. The van der Waals surface area contributed by atoms with E-state index in [1.54, 1.807) is 0 Å². The fourth-order valence-corrected chi connectivity index (χ4v) is 12.2. The van der Waals surface area contributed by atoms with Crippen LogP contribution in [0.4, 0.5) is 28.4 Å². The molecule has 0 spiro atoms. The van der Waals surface area contributed by atoms with E-state index in [4.69, 9.17) is 14.2 Å². The minimum atomic E-state index is 0.0108. The van der Waals surface area contributed by atoms with E-state index < -0.39 is 0 Å². The Kier molecular flexibility index (Phi) is 5.97. The molecule has 8 aliphatic heterocycles. The zero-order valence-corrected chi connectivity index (χ0v) is 31.4. The molecule has 0 aliphatic carbocycles. The van der Waals surface area contributed by atoms with E-state index in [0.29, 0.717) is 0 Å². The average molecular weight is 727 g/mol. The van der Waals surface area contributed by atoms with Crippen molar-refractivity contribution in [2.24, 2.45) is 0 Å². The second-order valence-electron chi connectivity index (χ2n) is 17.0. The van der Waals surface area contributed by atoms with Crippen molar-refractivity contribution in [3.63, 3.8) is 0 Å². The molecule has 270 valence electrons. The van der Waals surface area contributed by atoms with Gasteiger partial charge in [0.05, 0.1) is 11.4 Å². The third-order valence-corrected chi connectivity index (χ3v) is 14.2. The largest absolute Gasteiger partial charge is 0.458 e. The molecule has 0 unspecified atom stereocenters.